The van der Waals surface area contributed by atoms with Gasteiger partial charge in [0, 0.05) is 31.9 Å². The maximum absolute atomic E-state index is 12.7. The number of piperazine rings is 1. The summed E-state index contributed by atoms with van der Waals surface area (Å²) in [6.07, 6.45) is 10.0. The Kier molecular flexibility index (Phi) is 6.79. The third-order valence-corrected chi connectivity index (χ3v) is 7.76. The molecule has 2 aliphatic carbocycles. The maximum Gasteiger partial charge on any atom is 0.314 e. The van der Waals surface area contributed by atoms with E-state index in [0.717, 1.165) is 56.8 Å². The molecule has 3 aliphatic rings. The van der Waals surface area contributed by atoms with Crippen LogP contribution in [0.5, 0.6) is 5.75 Å². The molecule has 0 amide bonds. The number of rotatable bonds is 4. The van der Waals surface area contributed by atoms with Crippen molar-refractivity contribution in [2.24, 2.45) is 23.7 Å². The van der Waals surface area contributed by atoms with Crippen molar-refractivity contribution < 1.29 is 9.53 Å². The second-order valence-electron chi connectivity index (χ2n) is 9.84. The van der Waals surface area contributed by atoms with E-state index in [1.165, 1.54) is 44.2 Å². The highest BCUT2D eigenvalue weighted by molar-refractivity contribution is 5.75. The summed E-state index contributed by atoms with van der Waals surface area (Å²) in [6, 6.07) is 8.10. The molecule has 0 N–H and O–H groups in total. The standard InChI is InChI=1S/C25H38N2O2/c1-19-3-5-20(6-4-19)21-7-9-22(10-8-21)25(28)29-24-13-11-23(12-14-24)27-17-15-26(2)16-18-27/h11-14,19-22H,3-10,15-18H2,1-2H3. The van der Waals surface area contributed by atoms with Crippen LogP contribution in [0.1, 0.15) is 58.3 Å². The lowest BCUT2D eigenvalue weighted by Gasteiger charge is -2.36. The number of esters is 1. The van der Waals surface area contributed by atoms with Crippen LogP contribution in [0.15, 0.2) is 24.3 Å². The molecular weight excluding hydrogens is 360 g/mol. The Bertz CT molecular complexity index is 650. The van der Waals surface area contributed by atoms with E-state index in [9.17, 15) is 4.79 Å². The molecule has 3 fully saturated rings. The fourth-order valence-electron chi connectivity index (χ4n) is 5.57. The number of benzene rings is 1. The number of hydrogen-bond acceptors (Lipinski definition) is 4. The van der Waals surface area contributed by atoms with Gasteiger partial charge in [0.05, 0.1) is 5.92 Å². The van der Waals surface area contributed by atoms with Gasteiger partial charge >= 0.3 is 5.97 Å². The molecule has 0 spiro atoms. The van der Waals surface area contributed by atoms with Gasteiger partial charge in [-0.15, -0.1) is 0 Å². The minimum Gasteiger partial charge on any atom is -0.426 e. The van der Waals surface area contributed by atoms with Crippen molar-refractivity contribution in [1.82, 2.24) is 4.90 Å². The molecular formula is C25H38N2O2. The molecule has 1 saturated heterocycles. The van der Waals surface area contributed by atoms with Crippen LogP contribution in [0.3, 0.4) is 0 Å². The van der Waals surface area contributed by atoms with E-state index in [2.05, 4.69) is 35.9 Å². The van der Waals surface area contributed by atoms with E-state index in [1.807, 2.05) is 12.1 Å². The molecule has 1 aliphatic heterocycles. The van der Waals surface area contributed by atoms with E-state index in [1.54, 1.807) is 0 Å². The lowest BCUT2D eigenvalue weighted by molar-refractivity contribution is -0.140. The molecule has 4 heteroatoms. The Balaban J connectivity index is 1.23. The highest BCUT2D eigenvalue weighted by atomic mass is 16.5. The summed E-state index contributed by atoms with van der Waals surface area (Å²) in [4.78, 5) is 17.4. The highest BCUT2D eigenvalue weighted by Gasteiger charge is 2.33. The van der Waals surface area contributed by atoms with Crippen LogP contribution >= 0.6 is 0 Å². The monoisotopic (exact) mass is 398 g/mol. The fraction of sp³-hybridized carbons (Fsp3) is 0.720. The predicted octanol–water partition coefficient (Wildman–Crippen LogP) is 4.98. The van der Waals surface area contributed by atoms with Gasteiger partial charge in [-0.2, -0.15) is 0 Å². The molecule has 0 radical (unpaired) electrons. The molecule has 4 rings (SSSR count). The summed E-state index contributed by atoms with van der Waals surface area (Å²) in [7, 11) is 2.17. The third-order valence-electron chi connectivity index (χ3n) is 7.76. The van der Waals surface area contributed by atoms with Crippen molar-refractivity contribution in [3.63, 3.8) is 0 Å². The van der Waals surface area contributed by atoms with Crippen molar-refractivity contribution in [2.75, 3.05) is 38.1 Å². The van der Waals surface area contributed by atoms with Crippen LogP contribution < -0.4 is 9.64 Å². The van der Waals surface area contributed by atoms with Crippen LogP contribution in [-0.4, -0.2) is 44.1 Å². The zero-order valence-electron chi connectivity index (χ0n) is 18.3. The Hall–Kier alpha value is -1.55. The summed E-state index contributed by atoms with van der Waals surface area (Å²) in [5, 5.41) is 0. The summed E-state index contributed by atoms with van der Waals surface area (Å²) in [5.74, 6) is 3.43. The van der Waals surface area contributed by atoms with Gasteiger partial charge in [0.25, 0.3) is 0 Å². The first kappa shape index (κ1) is 20.7. The van der Waals surface area contributed by atoms with Gasteiger partial charge in [-0.3, -0.25) is 4.79 Å². The Labute approximate surface area is 176 Å². The quantitative estimate of drug-likeness (QED) is 0.529. The first-order valence-electron chi connectivity index (χ1n) is 11.8. The molecule has 1 heterocycles. The summed E-state index contributed by atoms with van der Waals surface area (Å²) < 4.78 is 5.74. The van der Waals surface area contributed by atoms with Gasteiger partial charge in [-0.25, -0.2) is 0 Å². The average molecular weight is 399 g/mol. The molecule has 4 nitrogen and oxygen atoms in total. The van der Waals surface area contributed by atoms with Crippen LogP contribution in [-0.2, 0) is 4.79 Å². The van der Waals surface area contributed by atoms with Crippen LogP contribution in [0.4, 0.5) is 5.69 Å². The average Bonchev–Trinajstić information content (AvgIpc) is 2.76. The lowest BCUT2D eigenvalue weighted by atomic mass is 9.69. The molecule has 0 atom stereocenters. The van der Waals surface area contributed by atoms with E-state index in [-0.39, 0.29) is 11.9 Å². The van der Waals surface area contributed by atoms with Crippen LogP contribution in [0, 0.1) is 23.7 Å². The molecule has 1 aromatic rings. The SMILES string of the molecule is CC1CCC(C2CCC(C(=O)Oc3ccc(N4CCN(C)CC4)cc3)CC2)CC1. The number of carbonyl (C=O) groups excluding carboxylic acids is 1. The van der Waals surface area contributed by atoms with E-state index in [4.69, 9.17) is 4.74 Å². The minimum atomic E-state index is -0.0203. The largest absolute Gasteiger partial charge is 0.426 e. The summed E-state index contributed by atoms with van der Waals surface area (Å²) >= 11 is 0. The van der Waals surface area contributed by atoms with Gasteiger partial charge < -0.3 is 14.5 Å². The predicted molar refractivity (Wildman–Crippen MR) is 118 cm³/mol. The maximum atomic E-state index is 12.7. The number of ether oxygens (including phenoxy) is 1. The van der Waals surface area contributed by atoms with Crippen molar-refractivity contribution in [3.8, 4) is 5.75 Å². The zero-order valence-corrected chi connectivity index (χ0v) is 18.3. The minimum absolute atomic E-state index is 0.0203. The Morgan fingerprint density at radius 3 is 1.97 bits per heavy atom. The van der Waals surface area contributed by atoms with Crippen LogP contribution in [0.25, 0.3) is 0 Å². The van der Waals surface area contributed by atoms with Crippen LogP contribution in [0.2, 0.25) is 0 Å². The summed E-state index contributed by atoms with van der Waals surface area (Å²) in [5.41, 5.74) is 1.22. The number of likely N-dealkylation sites (N-methyl/N-ethyl adjacent to an activating group) is 1. The van der Waals surface area contributed by atoms with Gasteiger partial charge in [0.15, 0.2) is 0 Å². The Morgan fingerprint density at radius 1 is 0.828 bits per heavy atom. The van der Waals surface area contributed by atoms with Crippen molar-refractivity contribution in [1.29, 1.82) is 0 Å². The molecule has 2 saturated carbocycles. The molecule has 0 aromatic heterocycles. The normalized spacial score (nSPS) is 31.4. The van der Waals surface area contributed by atoms with E-state index < -0.39 is 0 Å². The van der Waals surface area contributed by atoms with Gasteiger partial charge in [0.1, 0.15) is 5.75 Å². The number of carbonyl (C=O) groups is 1. The number of nitrogens with zero attached hydrogens (tertiary/aromatic N) is 2. The van der Waals surface area contributed by atoms with Gasteiger partial charge in [0.2, 0.25) is 0 Å². The number of anilines is 1. The molecule has 0 bridgehead atoms. The van der Waals surface area contributed by atoms with Crippen molar-refractivity contribution in [3.05, 3.63) is 24.3 Å². The first-order chi connectivity index (χ1) is 14.1. The molecule has 160 valence electrons. The van der Waals surface area contributed by atoms with Gasteiger partial charge in [-0.1, -0.05) is 19.8 Å². The highest BCUT2D eigenvalue weighted by Crippen LogP contribution is 2.41. The lowest BCUT2D eigenvalue weighted by Crippen LogP contribution is -2.44. The number of hydrogen-bond donors (Lipinski definition) is 0. The smallest absolute Gasteiger partial charge is 0.314 e. The third kappa shape index (κ3) is 5.33. The molecule has 1 aromatic carbocycles. The fourth-order valence-corrected chi connectivity index (χ4v) is 5.57. The first-order valence-corrected chi connectivity index (χ1v) is 11.8. The second kappa shape index (κ2) is 9.51. The van der Waals surface area contributed by atoms with Crippen molar-refractivity contribution >= 4 is 11.7 Å². The Morgan fingerprint density at radius 2 is 1.38 bits per heavy atom. The topological polar surface area (TPSA) is 32.8 Å². The van der Waals surface area contributed by atoms with E-state index in [0.29, 0.717) is 5.75 Å². The molecule has 0 unspecified atom stereocenters. The second-order valence-corrected chi connectivity index (χ2v) is 9.84. The van der Waals surface area contributed by atoms with Gasteiger partial charge in [-0.05, 0) is 87.6 Å². The van der Waals surface area contributed by atoms with E-state index >= 15 is 0 Å². The zero-order chi connectivity index (χ0) is 20.2. The van der Waals surface area contributed by atoms with Crippen molar-refractivity contribution in [2.45, 2.75) is 58.3 Å². The summed E-state index contributed by atoms with van der Waals surface area (Å²) in [6.45, 7) is 6.69. The molecule has 29 heavy (non-hydrogen) atoms.